The lowest BCUT2D eigenvalue weighted by Gasteiger charge is -2.51. The van der Waals surface area contributed by atoms with Crippen molar-refractivity contribution in [3.63, 3.8) is 0 Å². The lowest BCUT2D eigenvalue weighted by Crippen LogP contribution is -2.63. The fraction of sp³-hybridized carbons (Fsp3) is 0.519. The topological polar surface area (TPSA) is 81.5 Å². The molecule has 1 spiro atoms. The molecule has 0 aliphatic carbocycles. The first-order valence-electron chi connectivity index (χ1n) is 12.4. The molecule has 190 valence electrons. The van der Waals surface area contributed by atoms with Gasteiger partial charge in [0.25, 0.3) is 0 Å². The van der Waals surface area contributed by atoms with Crippen LogP contribution in [0, 0.1) is 28.4 Å². The maximum atomic E-state index is 15.0. The number of benzene rings is 1. The smallest absolute Gasteiger partial charge is 0.410 e. The van der Waals surface area contributed by atoms with Gasteiger partial charge in [-0.1, -0.05) is 0 Å². The summed E-state index contributed by atoms with van der Waals surface area (Å²) in [7, 11) is 0. The molecule has 4 heterocycles. The Balaban J connectivity index is 1.51. The summed E-state index contributed by atoms with van der Waals surface area (Å²) in [6.45, 7) is 10.7. The van der Waals surface area contributed by atoms with Crippen molar-refractivity contribution in [1.29, 1.82) is 5.26 Å². The third-order valence-electron chi connectivity index (χ3n) is 7.66. The molecule has 2 aromatic rings. The van der Waals surface area contributed by atoms with Gasteiger partial charge in [-0.05, 0) is 64.8 Å². The summed E-state index contributed by atoms with van der Waals surface area (Å²) in [5.41, 5.74) is 1.98. The maximum absolute atomic E-state index is 15.0. The summed E-state index contributed by atoms with van der Waals surface area (Å²) in [5.74, 6) is -0.824. The Morgan fingerprint density at radius 3 is 2.72 bits per heavy atom. The third kappa shape index (κ3) is 4.07. The molecule has 0 bridgehead atoms. The molecule has 0 saturated carbocycles. The molecule has 1 aromatic carbocycles. The van der Waals surface area contributed by atoms with Crippen LogP contribution in [-0.4, -0.2) is 53.8 Å². The van der Waals surface area contributed by atoms with Crippen molar-refractivity contribution in [3.05, 3.63) is 46.7 Å². The molecular weight excluding hydrogens is 464 g/mol. The van der Waals surface area contributed by atoms with Crippen molar-refractivity contribution < 1.29 is 18.3 Å². The van der Waals surface area contributed by atoms with Gasteiger partial charge in [-0.25, -0.2) is 18.6 Å². The fourth-order valence-corrected chi connectivity index (χ4v) is 5.75. The van der Waals surface area contributed by atoms with E-state index < -0.39 is 17.2 Å². The number of fused-ring (bicyclic) bond motifs is 1. The monoisotopic (exact) mass is 495 g/mol. The average molecular weight is 496 g/mol. The van der Waals surface area contributed by atoms with E-state index in [0.29, 0.717) is 56.1 Å². The van der Waals surface area contributed by atoms with Gasteiger partial charge in [0.05, 0.1) is 5.69 Å². The molecule has 1 N–H and O–H groups in total. The fourth-order valence-electron chi connectivity index (χ4n) is 5.75. The number of nitrogens with zero attached hydrogens (tertiary/aromatic N) is 4. The van der Waals surface area contributed by atoms with Gasteiger partial charge in [-0.15, -0.1) is 0 Å². The lowest BCUT2D eigenvalue weighted by atomic mass is 9.74. The second kappa shape index (κ2) is 8.70. The molecule has 0 unspecified atom stereocenters. The predicted octanol–water partition coefficient (Wildman–Crippen LogP) is 4.38. The number of carbonyl (C=O) groups is 1. The van der Waals surface area contributed by atoms with Crippen LogP contribution >= 0.6 is 0 Å². The second-order valence-electron chi connectivity index (χ2n) is 11.1. The SMILES string of the molecule is C[C@H]1N(c2nc3c(c(-c4ccc(F)cc4F)c2C#N)CCNC3)CCC12CN(C(=O)OC(C)(C)C)C2. The number of hydrogen-bond donors (Lipinski definition) is 1. The molecule has 0 radical (unpaired) electrons. The number of halogens is 2. The Morgan fingerprint density at radius 2 is 2.06 bits per heavy atom. The van der Waals surface area contributed by atoms with Crippen LogP contribution in [0.15, 0.2) is 18.2 Å². The highest BCUT2D eigenvalue weighted by Gasteiger charge is 2.55. The Hall–Kier alpha value is -3.25. The van der Waals surface area contributed by atoms with Crippen LogP contribution < -0.4 is 10.2 Å². The zero-order chi connectivity index (χ0) is 25.8. The van der Waals surface area contributed by atoms with Crippen LogP contribution in [0.4, 0.5) is 19.4 Å². The first-order valence-corrected chi connectivity index (χ1v) is 12.4. The van der Waals surface area contributed by atoms with Gasteiger partial charge in [0.15, 0.2) is 0 Å². The van der Waals surface area contributed by atoms with Crippen molar-refractivity contribution in [2.24, 2.45) is 5.41 Å². The largest absolute Gasteiger partial charge is 0.444 e. The number of hydrogen-bond acceptors (Lipinski definition) is 6. The number of rotatable bonds is 2. The van der Waals surface area contributed by atoms with Crippen LogP contribution in [-0.2, 0) is 17.7 Å². The molecule has 2 fully saturated rings. The van der Waals surface area contributed by atoms with E-state index in [2.05, 4.69) is 23.2 Å². The van der Waals surface area contributed by atoms with E-state index in [1.54, 1.807) is 4.90 Å². The molecule has 3 aliphatic heterocycles. The molecule has 3 aliphatic rings. The summed E-state index contributed by atoms with van der Waals surface area (Å²) < 4.78 is 34.2. The normalized spacial score (nSPS) is 20.6. The van der Waals surface area contributed by atoms with Gasteiger partial charge in [-0.3, -0.25) is 0 Å². The zero-order valence-corrected chi connectivity index (χ0v) is 21.1. The van der Waals surface area contributed by atoms with Gasteiger partial charge < -0.3 is 19.9 Å². The number of ether oxygens (including phenoxy) is 1. The highest BCUT2D eigenvalue weighted by atomic mass is 19.1. The quantitative estimate of drug-likeness (QED) is 0.666. The van der Waals surface area contributed by atoms with Gasteiger partial charge in [0.1, 0.15) is 34.7 Å². The van der Waals surface area contributed by atoms with E-state index in [1.807, 2.05) is 20.8 Å². The van der Waals surface area contributed by atoms with Crippen molar-refractivity contribution >= 4 is 11.9 Å². The number of pyridine rings is 1. The summed E-state index contributed by atoms with van der Waals surface area (Å²) in [6, 6.07) is 5.80. The van der Waals surface area contributed by atoms with Gasteiger partial charge in [0.2, 0.25) is 0 Å². The summed E-state index contributed by atoms with van der Waals surface area (Å²) in [5, 5.41) is 13.6. The highest BCUT2D eigenvalue weighted by Crippen LogP contribution is 2.48. The molecule has 36 heavy (non-hydrogen) atoms. The van der Waals surface area contributed by atoms with E-state index in [0.717, 1.165) is 23.7 Å². The molecule has 5 rings (SSSR count). The van der Waals surface area contributed by atoms with Crippen LogP contribution in [0.2, 0.25) is 0 Å². The minimum atomic E-state index is -0.692. The average Bonchev–Trinajstić information content (AvgIpc) is 3.13. The predicted molar refractivity (Wildman–Crippen MR) is 131 cm³/mol. The first-order chi connectivity index (χ1) is 17.0. The molecule has 1 aromatic heterocycles. The standard InChI is InChI=1S/C27H31F2N5O2/c1-16-27(14-33(15-27)25(35)36-26(2,3)4)8-10-34(16)24-20(12-30)23(18-6-5-17(28)11-21(18)29)19-7-9-31-13-22(19)32-24/h5-6,11,16,31H,7-10,13-15H2,1-4H3/t16-/m1/s1. The molecule has 1 atom stereocenters. The number of amides is 1. The van der Waals surface area contributed by atoms with Crippen LogP contribution in [0.5, 0.6) is 0 Å². The molecule has 2 saturated heterocycles. The van der Waals surface area contributed by atoms with Crippen molar-refractivity contribution in [2.75, 3.05) is 31.1 Å². The van der Waals surface area contributed by atoms with Gasteiger partial charge in [0, 0.05) is 54.8 Å². The maximum Gasteiger partial charge on any atom is 0.410 e. The minimum Gasteiger partial charge on any atom is -0.444 e. The number of carbonyl (C=O) groups excluding carboxylic acids is 1. The van der Waals surface area contributed by atoms with Gasteiger partial charge >= 0.3 is 6.09 Å². The van der Waals surface area contributed by atoms with Crippen LogP contribution in [0.1, 0.15) is 50.9 Å². The van der Waals surface area contributed by atoms with Crippen molar-refractivity contribution in [1.82, 2.24) is 15.2 Å². The Morgan fingerprint density at radius 1 is 1.31 bits per heavy atom. The number of nitrogens with one attached hydrogen (secondary N) is 1. The second-order valence-corrected chi connectivity index (χ2v) is 11.1. The van der Waals surface area contributed by atoms with E-state index >= 15 is 0 Å². The summed E-state index contributed by atoms with van der Waals surface area (Å²) >= 11 is 0. The Labute approximate surface area is 210 Å². The van der Waals surface area contributed by atoms with E-state index in [4.69, 9.17) is 9.72 Å². The van der Waals surface area contributed by atoms with Crippen LogP contribution in [0.25, 0.3) is 11.1 Å². The van der Waals surface area contributed by atoms with Crippen LogP contribution in [0.3, 0.4) is 0 Å². The number of anilines is 1. The Bertz CT molecular complexity index is 1260. The highest BCUT2D eigenvalue weighted by molar-refractivity contribution is 5.81. The van der Waals surface area contributed by atoms with E-state index in [-0.39, 0.29) is 23.1 Å². The zero-order valence-electron chi connectivity index (χ0n) is 21.1. The molecule has 7 nitrogen and oxygen atoms in total. The number of aromatic nitrogens is 1. The van der Waals surface area contributed by atoms with E-state index in [9.17, 15) is 18.8 Å². The van der Waals surface area contributed by atoms with Crippen molar-refractivity contribution in [3.8, 4) is 17.2 Å². The molecule has 1 amide bonds. The minimum absolute atomic E-state index is 0.0105. The lowest BCUT2D eigenvalue weighted by molar-refractivity contribution is -0.0355. The Kier molecular flexibility index (Phi) is 5.91. The number of likely N-dealkylation sites (tertiary alicyclic amines) is 1. The first kappa shape index (κ1) is 24.4. The third-order valence-corrected chi connectivity index (χ3v) is 7.66. The molecule has 9 heteroatoms. The van der Waals surface area contributed by atoms with Crippen molar-refractivity contribution in [2.45, 2.75) is 58.7 Å². The molecular formula is C27H31F2N5O2. The van der Waals surface area contributed by atoms with Gasteiger partial charge in [-0.2, -0.15) is 5.26 Å². The number of nitriles is 1. The summed E-state index contributed by atoms with van der Waals surface area (Å²) in [6.07, 6.45) is 1.13. The van der Waals surface area contributed by atoms with E-state index in [1.165, 1.54) is 12.1 Å². The summed E-state index contributed by atoms with van der Waals surface area (Å²) in [4.78, 5) is 21.3.